The summed E-state index contributed by atoms with van der Waals surface area (Å²) in [5, 5.41) is 2.99. The van der Waals surface area contributed by atoms with Crippen LogP contribution in [0.15, 0.2) is 66.7 Å². The number of rotatable bonds is 5. The molecule has 0 aromatic heterocycles. The minimum atomic E-state index is -5.06. The van der Waals surface area contributed by atoms with Gasteiger partial charge >= 0.3 is 12.1 Å². The number of alkyl halides is 3. The van der Waals surface area contributed by atoms with Gasteiger partial charge in [0.15, 0.2) is 0 Å². The molecule has 1 spiro atoms. The molecule has 3 aromatic carbocycles. The van der Waals surface area contributed by atoms with Crippen molar-refractivity contribution >= 4 is 17.6 Å². The molecule has 0 saturated carbocycles. The fourth-order valence-corrected chi connectivity index (χ4v) is 5.22. The van der Waals surface area contributed by atoms with Gasteiger partial charge in [0.1, 0.15) is 11.5 Å². The molecule has 0 aliphatic carbocycles. The Hall–Kier alpha value is -3.85. The summed E-state index contributed by atoms with van der Waals surface area (Å²) in [6, 6.07) is 18.9. The van der Waals surface area contributed by atoms with Crippen molar-refractivity contribution in [1.29, 1.82) is 0 Å². The molecule has 204 valence electrons. The number of likely N-dealkylation sites (tertiary alicyclic amines) is 1. The van der Waals surface area contributed by atoms with Crippen LogP contribution in [0.1, 0.15) is 42.6 Å². The molecule has 1 N–H and O–H groups in total. The van der Waals surface area contributed by atoms with Gasteiger partial charge < -0.3 is 19.7 Å². The van der Waals surface area contributed by atoms with Gasteiger partial charge in [0, 0.05) is 28.3 Å². The molecule has 39 heavy (non-hydrogen) atoms. The Morgan fingerprint density at radius 3 is 2.15 bits per heavy atom. The lowest BCUT2D eigenvalue weighted by molar-refractivity contribution is -0.189. The number of hydrogen-bond donors (Lipinski definition) is 1. The quantitative estimate of drug-likeness (QED) is 0.309. The fourth-order valence-electron chi connectivity index (χ4n) is 5.22. The topological polar surface area (TPSA) is 67.9 Å². The first-order valence-electron chi connectivity index (χ1n) is 12.9. The second-order valence-corrected chi connectivity index (χ2v) is 10.4. The third kappa shape index (κ3) is 5.63. The van der Waals surface area contributed by atoms with Crippen molar-refractivity contribution in [2.75, 3.05) is 25.0 Å². The second kappa shape index (κ2) is 10.4. The van der Waals surface area contributed by atoms with Crippen LogP contribution in [0.3, 0.4) is 0 Å². The van der Waals surface area contributed by atoms with Crippen LogP contribution in [-0.4, -0.2) is 48.7 Å². The van der Waals surface area contributed by atoms with Gasteiger partial charge in [-0.3, -0.25) is 4.79 Å². The molecule has 9 heteroatoms. The molecule has 0 unspecified atom stereocenters. The number of fused-ring (bicyclic) bond motifs is 2. The van der Waals surface area contributed by atoms with Crippen LogP contribution in [-0.2, 0) is 10.2 Å². The monoisotopic (exact) mass is 538 g/mol. The molecule has 1 amide bonds. The van der Waals surface area contributed by atoms with E-state index in [9.17, 15) is 22.8 Å². The zero-order valence-electron chi connectivity index (χ0n) is 21.7. The standard InChI is InChI=1S/C30H29F3N2O4/c1-19(2)35-15-13-29(14-16-35)18-38-26-12-9-23(17-25(26)29)34-27(36)22-5-3-20(4-6-22)21-7-10-24(11-8-21)39-28(37)30(31,32)33/h3-12,17,19H,13-16,18H2,1-2H3,(H,34,36). The zero-order chi connectivity index (χ0) is 27.8. The summed E-state index contributed by atoms with van der Waals surface area (Å²) in [5.41, 5.74) is 3.76. The summed E-state index contributed by atoms with van der Waals surface area (Å²) in [6.07, 6.45) is -3.03. The highest BCUT2D eigenvalue weighted by molar-refractivity contribution is 6.04. The number of hydrogen-bond acceptors (Lipinski definition) is 5. The summed E-state index contributed by atoms with van der Waals surface area (Å²) in [5.74, 6) is -1.84. The molecule has 0 atom stereocenters. The van der Waals surface area contributed by atoms with Gasteiger partial charge in [-0.05, 0) is 93.4 Å². The van der Waals surface area contributed by atoms with Crippen LogP contribution in [0.4, 0.5) is 18.9 Å². The van der Waals surface area contributed by atoms with Gasteiger partial charge in [0.25, 0.3) is 5.91 Å². The molecule has 2 aliphatic heterocycles. The van der Waals surface area contributed by atoms with E-state index in [4.69, 9.17) is 4.74 Å². The maximum Gasteiger partial charge on any atom is 0.491 e. The third-order valence-corrected chi connectivity index (χ3v) is 7.57. The predicted octanol–water partition coefficient (Wildman–Crippen LogP) is 6.21. The van der Waals surface area contributed by atoms with E-state index in [2.05, 4.69) is 28.8 Å². The normalized spacial score (nSPS) is 16.6. The summed E-state index contributed by atoms with van der Waals surface area (Å²) in [4.78, 5) is 26.5. The van der Waals surface area contributed by atoms with E-state index in [-0.39, 0.29) is 17.1 Å². The Morgan fingerprint density at radius 1 is 0.949 bits per heavy atom. The first kappa shape index (κ1) is 26.7. The van der Waals surface area contributed by atoms with Gasteiger partial charge in [-0.25, -0.2) is 4.79 Å². The smallest absolute Gasteiger partial charge is 0.491 e. The molecule has 1 fully saturated rings. The third-order valence-electron chi connectivity index (χ3n) is 7.57. The summed E-state index contributed by atoms with van der Waals surface area (Å²) < 4.78 is 47.5. The van der Waals surface area contributed by atoms with Crippen LogP contribution in [0, 0.1) is 0 Å². The van der Waals surface area contributed by atoms with Crippen molar-refractivity contribution in [2.45, 2.75) is 44.3 Å². The largest absolute Gasteiger partial charge is 0.492 e. The lowest BCUT2D eigenvalue weighted by atomic mass is 9.74. The minimum absolute atomic E-state index is 0.0241. The van der Waals surface area contributed by atoms with E-state index >= 15 is 0 Å². The highest BCUT2D eigenvalue weighted by Crippen LogP contribution is 2.46. The highest BCUT2D eigenvalue weighted by atomic mass is 19.4. The Labute approximate surface area is 224 Å². The second-order valence-electron chi connectivity index (χ2n) is 10.4. The van der Waals surface area contributed by atoms with Gasteiger partial charge in [-0.15, -0.1) is 0 Å². The Morgan fingerprint density at radius 2 is 1.56 bits per heavy atom. The molecule has 0 radical (unpaired) electrons. The Bertz CT molecular complexity index is 1360. The maximum absolute atomic E-state index is 13.0. The maximum atomic E-state index is 13.0. The van der Waals surface area contributed by atoms with E-state index in [1.54, 1.807) is 36.4 Å². The number of piperidine rings is 1. The molecule has 3 aromatic rings. The van der Waals surface area contributed by atoms with Crippen molar-refractivity contribution in [1.82, 2.24) is 4.90 Å². The molecule has 2 aliphatic rings. The molecule has 5 rings (SSSR count). The zero-order valence-corrected chi connectivity index (χ0v) is 21.7. The number of anilines is 1. The van der Waals surface area contributed by atoms with Crippen molar-refractivity contribution in [2.24, 2.45) is 0 Å². The number of amides is 1. The van der Waals surface area contributed by atoms with Crippen molar-refractivity contribution in [3.8, 4) is 22.6 Å². The van der Waals surface area contributed by atoms with Crippen molar-refractivity contribution in [3.05, 3.63) is 77.9 Å². The van der Waals surface area contributed by atoms with Gasteiger partial charge in [-0.2, -0.15) is 13.2 Å². The lowest BCUT2D eigenvalue weighted by Crippen LogP contribution is -2.46. The summed E-state index contributed by atoms with van der Waals surface area (Å²) in [6.45, 7) is 7.14. The van der Waals surface area contributed by atoms with Gasteiger partial charge in [-0.1, -0.05) is 24.3 Å². The Kier molecular flexibility index (Phi) is 7.11. The Balaban J connectivity index is 1.24. The molecule has 2 heterocycles. The number of halogens is 3. The summed E-state index contributed by atoms with van der Waals surface area (Å²) >= 11 is 0. The average molecular weight is 539 g/mol. The highest BCUT2D eigenvalue weighted by Gasteiger charge is 2.43. The van der Waals surface area contributed by atoms with Crippen LogP contribution >= 0.6 is 0 Å². The van der Waals surface area contributed by atoms with Gasteiger partial charge in [0.2, 0.25) is 0 Å². The number of carbonyl (C=O) groups is 2. The van der Waals surface area contributed by atoms with E-state index < -0.39 is 12.1 Å². The predicted molar refractivity (Wildman–Crippen MR) is 141 cm³/mol. The average Bonchev–Trinajstić information content (AvgIpc) is 3.26. The van der Waals surface area contributed by atoms with E-state index in [1.165, 1.54) is 12.1 Å². The number of ether oxygens (including phenoxy) is 2. The van der Waals surface area contributed by atoms with E-state index in [0.29, 0.717) is 29.5 Å². The lowest BCUT2D eigenvalue weighted by Gasteiger charge is -2.40. The molecule has 6 nitrogen and oxygen atoms in total. The minimum Gasteiger partial charge on any atom is -0.492 e. The van der Waals surface area contributed by atoms with E-state index in [0.717, 1.165) is 42.8 Å². The van der Waals surface area contributed by atoms with Crippen LogP contribution < -0.4 is 14.8 Å². The van der Waals surface area contributed by atoms with E-state index in [1.807, 2.05) is 18.2 Å². The van der Waals surface area contributed by atoms with Crippen LogP contribution in [0.2, 0.25) is 0 Å². The number of benzene rings is 3. The van der Waals surface area contributed by atoms with Crippen LogP contribution in [0.25, 0.3) is 11.1 Å². The van der Waals surface area contributed by atoms with Crippen molar-refractivity contribution < 1.29 is 32.2 Å². The number of nitrogens with zero attached hydrogens (tertiary/aromatic N) is 1. The molecule has 1 saturated heterocycles. The summed E-state index contributed by atoms with van der Waals surface area (Å²) in [7, 11) is 0. The molecular weight excluding hydrogens is 509 g/mol. The molecular formula is C30H29F3N2O4. The number of esters is 1. The van der Waals surface area contributed by atoms with Crippen molar-refractivity contribution in [3.63, 3.8) is 0 Å². The van der Waals surface area contributed by atoms with Gasteiger partial charge in [0.05, 0.1) is 6.61 Å². The SMILES string of the molecule is CC(C)N1CCC2(CC1)COc1ccc(NC(=O)c3ccc(-c4ccc(OC(=O)C(F)(F)F)cc4)cc3)cc12. The first-order valence-corrected chi connectivity index (χ1v) is 12.9. The van der Waals surface area contributed by atoms with Crippen LogP contribution in [0.5, 0.6) is 11.5 Å². The fraction of sp³-hybridized carbons (Fsp3) is 0.333. The number of nitrogens with one attached hydrogen (secondary N) is 1. The molecule has 0 bridgehead atoms. The number of carbonyl (C=O) groups excluding carboxylic acids is 2. The first-order chi connectivity index (χ1) is 18.5.